The van der Waals surface area contributed by atoms with Crippen molar-refractivity contribution >= 4 is 17.0 Å². The second kappa shape index (κ2) is 7.20. The predicted molar refractivity (Wildman–Crippen MR) is 114 cm³/mol. The van der Waals surface area contributed by atoms with Gasteiger partial charge in [-0.05, 0) is 48.2 Å². The summed E-state index contributed by atoms with van der Waals surface area (Å²) in [6.07, 6.45) is 4.25. The zero-order valence-corrected chi connectivity index (χ0v) is 16.9. The summed E-state index contributed by atoms with van der Waals surface area (Å²) in [7, 11) is 1.68. The average Bonchev–Trinajstić information content (AvgIpc) is 2.78. The Labute approximate surface area is 175 Å². The number of rotatable bonds is 2. The third kappa shape index (κ3) is 3.12. The number of aromatic nitrogens is 1. The van der Waals surface area contributed by atoms with E-state index < -0.39 is 6.09 Å². The number of carboxylic acid groups (broad SMARTS) is 1. The number of aryl methyl sites for hydroxylation is 1. The highest BCUT2D eigenvalue weighted by Gasteiger charge is 2.40. The molecular weight excluding hydrogens is 380 g/mol. The molecule has 0 unspecified atom stereocenters. The van der Waals surface area contributed by atoms with Gasteiger partial charge in [-0.2, -0.15) is 0 Å². The van der Waals surface area contributed by atoms with Crippen molar-refractivity contribution in [3.8, 4) is 22.6 Å². The lowest BCUT2D eigenvalue weighted by molar-refractivity contribution is -0.0103. The SMILES string of the molecule is COc1c(-c2ccc3c(c2)CCC2(CCN(C(=O)O)CC2)O3)ccc2cccnc12. The lowest BCUT2D eigenvalue weighted by Gasteiger charge is -2.44. The van der Waals surface area contributed by atoms with Crippen LogP contribution in [0.2, 0.25) is 0 Å². The summed E-state index contributed by atoms with van der Waals surface area (Å²) in [5.41, 5.74) is 3.89. The standard InChI is InChI=1S/C24H24N2O4/c1-29-22-19(6-4-16-3-2-12-25-21(16)22)17-5-7-20-18(15-17)8-9-24(30-20)10-13-26(14-11-24)23(27)28/h2-7,12,15H,8-11,13-14H2,1H3,(H,27,28). The van der Waals surface area contributed by atoms with E-state index in [1.54, 1.807) is 13.3 Å². The highest BCUT2D eigenvalue weighted by atomic mass is 16.5. The molecule has 1 fully saturated rings. The summed E-state index contributed by atoms with van der Waals surface area (Å²) in [5, 5.41) is 10.3. The van der Waals surface area contributed by atoms with Gasteiger partial charge in [-0.3, -0.25) is 4.98 Å². The van der Waals surface area contributed by atoms with E-state index in [1.807, 2.05) is 18.2 Å². The van der Waals surface area contributed by atoms with Gasteiger partial charge in [0.05, 0.1) is 7.11 Å². The number of pyridine rings is 1. The van der Waals surface area contributed by atoms with Crippen LogP contribution in [0.5, 0.6) is 11.5 Å². The molecule has 1 N–H and O–H groups in total. The molecule has 1 amide bonds. The van der Waals surface area contributed by atoms with Crippen molar-refractivity contribution < 1.29 is 19.4 Å². The second-order valence-electron chi connectivity index (χ2n) is 8.10. The fourth-order valence-electron chi connectivity index (χ4n) is 4.70. The topological polar surface area (TPSA) is 71.9 Å². The van der Waals surface area contributed by atoms with E-state index in [1.165, 1.54) is 10.5 Å². The van der Waals surface area contributed by atoms with Gasteiger partial charge in [-0.1, -0.05) is 18.2 Å². The molecule has 0 saturated carbocycles. The molecule has 1 saturated heterocycles. The minimum absolute atomic E-state index is 0.245. The first-order valence-electron chi connectivity index (χ1n) is 10.3. The van der Waals surface area contributed by atoms with Crippen LogP contribution < -0.4 is 9.47 Å². The fraction of sp³-hybridized carbons (Fsp3) is 0.333. The number of piperidine rings is 1. The molecule has 3 heterocycles. The van der Waals surface area contributed by atoms with Crippen molar-refractivity contribution in [2.24, 2.45) is 0 Å². The monoisotopic (exact) mass is 404 g/mol. The van der Waals surface area contributed by atoms with Crippen LogP contribution in [0.25, 0.3) is 22.0 Å². The largest absolute Gasteiger partial charge is 0.494 e. The summed E-state index contributed by atoms with van der Waals surface area (Å²) in [6.45, 7) is 1.06. The Kier molecular flexibility index (Phi) is 4.50. The van der Waals surface area contributed by atoms with Gasteiger partial charge in [0.25, 0.3) is 0 Å². The lowest BCUT2D eigenvalue weighted by atomic mass is 9.82. The number of nitrogens with zero attached hydrogens (tertiary/aromatic N) is 2. The Bertz CT molecular complexity index is 1120. The van der Waals surface area contributed by atoms with Crippen molar-refractivity contribution in [3.05, 3.63) is 54.2 Å². The zero-order chi connectivity index (χ0) is 20.7. The molecule has 0 bridgehead atoms. The van der Waals surface area contributed by atoms with E-state index >= 15 is 0 Å². The molecule has 2 aliphatic rings. The maximum atomic E-state index is 11.2. The maximum absolute atomic E-state index is 11.2. The van der Waals surface area contributed by atoms with Crippen LogP contribution in [0, 0.1) is 0 Å². The summed E-state index contributed by atoms with van der Waals surface area (Å²) in [5.74, 6) is 1.69. The van der Waals surface area contributed by atoms with Gasteiger partial charge in [0.2, 0.25) is 0 Å². The molecule has 154 valence electrons. The number of carbonyl (C=O) groups is 1. The molecule has 0 atom stereocenters. The Morgan fingerprint density at radius 2 is 2.00 bits per heavy atom. The molecule has 6 nitrogen and oxygen atoms in total. The zero-order valence-electron chi connectivity index (χ0n) is 16.9. The van der Waals surface area contributed by atoms with Crippen molar-refractivity contribution in [1.29, 1.82) is 0 Å². The Hall–Kier alpha value is -3.28. The van der Waals surface area contributed by atoms with Crippen LogP contribution in [-0.2, 0) is 6.42 Å². The molecule has 2 aromatic carbocycles. The van der Waals surface area contributed by atoms with Crippen molar-refractivity contribution in [1.82, 2.24) is 9.88 Å². The van der Waals surface area contributed by atoms with E-state index in [4.69, 9.17) is 9.47 Å². The summed E-state index contributed by atoms with van der Waals surface area (Å²) >= 11 is 0. The van der Waals surface area contributed by atoms with Crippen LogP contribution in [0.1, 0.15) is 24.8 Å². The highest BCUT2D eigenvalue weighted by molar-refractivity contribution is 5.92. The number of likely N-dealkylation sites (tertiary alicyclic amines) is 1. The molecule has 6 heteroatoms. The van der Waals surface area contributed by atoms with Crippen molar-refractivity contribution in [2.45, 2.75) is 31.3 Å². The summed E-state index contributed by atoms with van der Waals surface area (Å²) < 4.78 is 12.2. The number of benzene rings is 2. The minimum Gasteiger partial charge on any atom is -0.494 e. The molecule has 5 rings (SSSR count). The van der Waals surface area contributed by atoms with Gasteiger partial charge in [-0.25, -0.2) is 4.79 Å². The Balaban J connectivity index is 1.44. The molecule has 3 aromatic rings. The number of ether oxygens (including phenoxy) is 2. The van der Waals surface area contributed by atoms with Gasteiger partial charge < -0.3 is 19.5 Å². The van der Waals surface area contributed by atoms with Gasteiger partial charge in [0.1, 0.15) is 16.9 Å². The second-order valence-corrected chi connectivity index (χ2v) is 8.10. The van der Waals surface area contributed by atoms with E-state index in [0.717, 1.165) is 59.2 Å². The van der Waals surface area contributed by atoms with E-state index in [2.05, 4.69) is 29.2 Å². The van der Waals surface area contributed by atoms with E-state index in [9.17, 15) is 9.90 Å². The fourth-order valence-corrected chi connectivity index (χ4v) is 4.70. The molecule has 1 spiro atoms. The molecule has 0 radical (unpaired) electrons. The number of hydrogen-bond acceptors (Lipinski definition) is 4. The third-order valence-corrected chi connectivity index (χ3v) is 6.43. The first-order chi connectivity index (χ1) is 14.6. The number of hydrogen-bond donors (Lipinski definition) is 1. The quantitative estimate of drug-likeness (QED) is 0.667. The molecular formula is C24H24N2O4. The smallest absolute Gasteiger partial charge is 0.407 e. The summed E-state index contributed by atoms with van der Waals surface area (Å²) in [6, 6.07) is 14.4. The lowest BCUT2D eigenvalue weighted by Crippen LogP contribution is -2.50. The van der Waals surface area contributed by atoms with Gasteiger partial charge in [0, 0.05) is 43.1 Å². The van der Waals surface area contributed by atoms with Gasteiger partial charge in [0.15, 0.2) is 5.75 Å². The minimum atomic E-state index is -0.843. The van der Waals surface area contributed by atoms with Crippen LogP contribution in [0.4, 0.5) is 4.79 Å². The van der Waals surface area contributed by atoms with Gasteiger partial charge >= 0.3 is 6.09 Å². The first-order valence-corrected chi connectivity index (χ1v) is 10.3. The molecule has 0 aliphatic carbocycles. The van der Waals surface area contributed by atoms with Crippen molar-refractivity contribution in [2.75, 3.05) is 20.2 Å². The summed E-state index contributed by atoms with van der Waals surface area (Å²) in [4.78, 5) is 17.2. The maximum Gasteiger partial charge on any atom is 0.407 e. The van der Waals surface area contributed by atoms with Gasteiger partial charge in [-0.15, -0.1) is 0 Å². The Morgan fingerprint density at radius 3 is 2.77 bits per heavy atom. The first kappa shape index (κ1) is 18.7. The van der Waals surface area contributed by atoms with E-state index in [-0.39, 0.29) is 5.60 Å². The van der Waals surface area contributed by atoms with E-state index in [0.29, 0.717) is 13.1 Å². The molecule has 2 aliphatic heterocycles. The van der Waals surface area contributed by atoms with Crippen LogP contribution >= 0.6 is 0 Å². The normalized spacial score (nSPS) is 17.4. The van der Waals surface area contributed by atoms with Crippen LogP contribution in [0.3, 0.4) is 0 Å². The molecule has 30 heavy (non-hydrogen) atoms. The number of amides is 1. The highest BCUT2D eigenvalue weighted by Crippen LogP contribution is 2.42. The Morgan fingerprint density at radius 1 is 1.17 bits per heavy atom. The predicted octanol–water partition coefficient (Wildman–Crippen LogP) is 4.75. The van der Waals surface area contributed by atoms with Crippen molar-refractivity contribution in [3.63, 3.8) is 0 Å². The third-order valence-electron chi connectivity index (χ3n) is 6.43. The number of methoxy groups -OCH3 is 1. The molecule has 1 aromatic heterocycles. The van der Waals surface area contributed by atoms with Crippen LogP contribution in [0.15, 0.2) is 48.7 Å². The average molecular weight is 404 g/mol. The number of fused-ring (bicyclic) bond motifs is 2. The van der Waals surface area contributed by atoms with Crippen LogP contribution in [-0.4, -0.2) is 46.9 Å².